The van der Waals surface area contributed by atoms with Crippen LogP contribution in [0.15, 0.2) is 40.1 Å². The molecule has 0 spiro atoms. The molecule has 0 saturated heterocycles. The summed E-state index contributed by atoms with van der Waals surface area (Å²) in [6.45, 7) is 9.04. The minimum absolute atomic E-state index is 0. The van der Waals surface area contributed by atoms with E-state index in [9.17, 15) is 0 Å². The fraction of sp³-hybridized carbons (Fsp3) is 0.500. The summed E-state index contributed by atoms with van der Waals surface area (Å²) >= 11 is 3.50. The maximum absolute atomic E-state index is 5.94. The molecule has 0 aliphatic heterocycles. The molecule has 27 heavy (non-hydrogen) atoms. The summed E-state index contributed by atoms with van der Waals surface area (Å²) in [4.78, 5) is 4.61. The Morgan fingerprint density at radius 2 is 2.07 bits per heavy atom. The van der Waals surface area contributed by atoms with Gasteiger partial charge in [-0.15, -0.1) is 34.2 Å². The van der Waals surface area contributed by atoms with Crippen molar-refractivity contribution in [3.8, 4) is 5.75 Å². The molecule has 0 bridgehead atoms. The largest absolute Gasteiger partial charge is 0.488 e. The van der Waals surface area contributed by atoms with Gasteiger partial charge < -0.3 is 19.9 Å². The molecule has 1 atom stereocenters. The second-order valence-electron chi connectivity index (χ2n) is 5.80. The lowest BCUT2D eigenvalue weighted by Crippen LogP contribution is -2.39. The molecule has 2 N–H and O–H groups in total. The molecule has 2 aromatic rings. The van der Waals surface area contributed by atoms with E-state index < -0.39 is 0 Å². The molecule has 0 saturated carbocycles. The first-order valence-electron chi connectivity index (χ1n) is 8.94. The third-order valence-electron chi connectivity index (χ3n) is 3.67. The molecule has 1 heterocycles. The van der Waals surface area contributed by atoms with Crippen LogP contribution in [0.5, 0.6) is 5.75 Å². The minimum atomic E-state index is -0.0336. The van der Waals surface area contributed by atoms with Gasteiger partial charge in [-0.25, -0.2) is 4.99 Å². The summed E-state index contributed by atoms with van der Waals surface area (Å²) in [5.41, 5.74) is 0. The van der Waals surface area contributed by atoms with E-state index in [1.54, 1.807) is 6.33 Å². The number of aryl methyl sites for hydroxylation is 1. The van der Waals surface area contributed by atoms with Crippen LogP contribution in [0.2, 0.25) is 0 Å². The number of ether oxygens (including phenoxy) is 1. The summed E-state index contributed by atoms with van der Waals surface area (Å²) < 4.78 is 8.93. The second kappa shape index (κ2) is 12.9. The lowest BCUT2D eigenvalue weighted by molar-refractivity contribution is 0.228. The number of nitrogens with zero attached hydrogens (tertiary/aromatic N) is 4. The predicted molar refractivity (Wildman–Crippen MR) is 123 cm³/mol. The summed E-state index contributed by atoms with van der Waals surface area (Å²) in [6, 6.07) is 7.83. The van der Waals surface area contributed by atoms with Gasteiger partial charge in [0.2, 0.25) is 0 Å². The van der Waals surface area contributed by atoms with Gasteiger partial charge in [-0.1, -0.05) is 19.1 Å². The average molecular weight is 551 g/mol. The molecule has 0 fully saturated rings. The van der Waals surface area contributed by atoms with Crippen molar-refractivity contribution in [2.45, 2.75) is 39.8 Å². The van der Waals surface area contributed by atoms with Gasteiger partial charge in [-0.2, -0.15) is 0 Å². The zero-order valence-corrected chi connectivity index (χ0v) is 19.9. The molecule has 0 amide bonds. The van der Waals surface area contributed by atoms with Crippen LogP contribution in [-0.2, 0) is 13.0 Å². The molecule has 9 heteroatoms. The SMILES string of the molecule is CCNC(=NCC(C)Oc1ccccc1Br)NCCn1cnnc1CC.I. The number of hydrogen-bond acceptors (Lipinski definition) is 4. The summed E-state index contributed by atoms with van der Waals surface area (Å²) in [5.74, 6) is 2.60. The van der Waals surface area contributed by atoms with Gasteiger partial charge in [0.1, 0.15) is 24.0 Å². The number of guanidine groups is 1. The maximum Gasteiger partial charge on any atom is 0.191 e. The first kappa shape index (κ1) is 23.7. The Hall–Kier alpha value is -1.36. The molecule has 7 nitrogen and oxygen atoms in total. The van der Waals surface area contributed by atoms with Gasteiger partial charge in [-0.05, 0) is 41.9 Å². The number of rotatable bonds is 9. The molecule has 1 aromatic carbocycles. The van der Waals surface area contributed by atoms with Crippen LogP contribution in [0.1, 0.15) is 26.6 Å². The molecule has 1 unspecified atom stereocenters. The first-order chi connectivity index (χ1) is 12.6. The highest BCUT2D eigenvalue weighted by Crippen LogP contribution is 2.24. The predicted octanol–water partition coefficient (Wildman–Crippen LogP) is 3.24. The zero-order chi connectivity index (χ0) is 18.8. The maximum atomic E-state index is 5.94. The van der Waals surface area contributed by atoms with Crippen molar-refractivity contribution >= 4 is 45.9 Å². The summed E-state index contributed by atoms with van der Waals surface area (Å²) in [6.07, 6.45) is 2.60. The highest BCUT2D eigenvalue weighted by atomic mass is 127. The van der Waals surface area contributed by atoms with Crippen molar-refractivity contribution < 1.29 is 4.74 Å². The minimum Gasteiger partial charge on any atom is -0.488 e. The highest BCUT2D eigenvalue weighted by molar-refractivity contribution is 14.0. The van der Waals surface area contributed by atoms with Crippen molar-refractivity contribution in [2.75, 3.05) is 19.6 Å². The van der Waals surface area contributed by atoms with Crippen LogP contribution >= 0.6 is 39.9 Å². The Balaban J connectivity index is 0.00000364. The van der Waals surface area contributed by atoms with Crippen molar-refractivity contribution in [2.24, 2.45) is 4.99 Å². The van der Waals surface area contributed by atoms with Crippen molar-refractivity contribution in [1.82, 2.24) is 25.4 Å². The standard InChI is InChI=1S/C18H27BrN6O.HI/c1-4-17-24-23-13-25(17)11-10-21-18(20-5-2)22-12-14(3)26-16-9-7-6-8-15(16)19;/h6-9,13-14H,4-5,10-12H2,1-3H3,(H2,20,21,22);1H. The molecule has 1 aromatic heterocycles. The molecular formula is C18H28BrIN6O. The van der Waals surface area contributed by atoms with Gasteiger partial charge in [0, 0.05) is 26.1 Å². The van der Waals surface area contributed by atoms with E-state index in [0.29, 0.717) is 6.54 Å². The molecular weight excluding hydrogens is 523 g/mol. The fourth-order valence-electron chi connectivity index (χ4n) is 2.39. The number of benzene rings is 1. The van der Waals surface area contributed by atoms with E-state index in [0.717, 1.165) is 48.1 Å². The lowest BCUT2D eigenvalue weighted by Gasteiger charge is -2.16. The Labute approximate surface area is 186 Å². The Morgan fingerprint density at radius 1 is 1.30 bits per heavy atom. The third-order valence-corrected chi connectivity index (χ3v) is 4.33. The lowest BCUT2D eigenvalue weighted by atomic mass is 10.3. The normalized spacial score (nSPS) is 12.2. The van der Waals surface area contributed by atoms with Gasteiger partial charge in [0.15, 0.2) is 5.96 Å². The fourth-order valence-corrected chi connectivity index (χ4v) is 2.77. The smallest absolute Gasteiger partial charge is 0.191 e. The molecule has 0 radical (unpaired) electrons. The molecule has 0 aliphatic carbocycles. The van der Waals surface area contributed by atoms with E-state index in [1.165, 1.54) is 0 Å². The summed E-state index contributed by atoms with van der Waals surface area (Å²) in [5, 5.41) is 14.6. The van der Waals surface area contributed by atoms with Gasteiger partial charge in [0.05, 0.1) is 11.0 Å². The van der Waals surface area contributed by atoms with Crippen LogP contribution < -0.4 is 15.4 Å². The molecule has 2 rings (SSSR count). The van der Waals surface area contributed by atoms with E-state index in [1.807, 2.05) is 38.1 Å². The van der Waals surface area contributed by atoms with E-state index in [-0.39, 0.29) is 30.1 Å². The van der Waals surface area contributed by atoms with E-state index >= 15 is 0 Å². The van der Waals surface area contributed by atoms with Crippen LogP contribution in [0.25, 0.3) is 0 Å². The van der Waals surface area contributed by atoms with Crippen LogP contribution in [0.3, 0.4) is 0 Å². The van der Waals surface area contributed by atoms with Crippen LogP contribution in [-0.4, -0.2) is 46.5 Å². The van der Waals surface area contributed by atoms with Crippen molar-refractivity contribution in [1.29, 1.82) is 0 Å². The zero-order valence-electron chi connectivity index (χ0n) is 16.0. The third kappa shape index (κ3) is 8.04. The van der Waals surface area contributed by atoms with Crippen LogP contribution in [0.4, 0.5) is 0 Å². The number of hydrogen-bond donors (Lipinski definition) is 2. The van der Waals surface area contributed by atoms with Crippen molar-refractivity contribution in [3.63, 3.8) is 0 Å². The number of para-hydroxylation sites is 1. The number of aromatic nitrogens is 3. The Bertz CT molecular complexity index is 709. The second-order valence-corrected chi connectivity index (χ2v) is 6.65. The van der Waals surface area contributed by atoms with E-state index in [4.69, 9.17) is 4.74 Å². The monoisotopic (exact) mass is 550 g/mol. The van der Waals surface area contributed by atoms with Gasteiger partial charge in [-0.3, -0.25) is 0 Å². The highest BCUT2D eigenvalue weighted by Gasteiger charge is 2.07. The van der Waals surface area contributed by atoms with Gasteiger partial charge in [0.25, 0.3) is 0 Å². The quantitative estimate of drug-likeness (QED) is 0.285. The van der Waals surface area contributed by atoms with Crippen molar-refractivity contribution in [3.05, 3.63) is 40.9 Å². The van der Waals surface area contributed by atoms with Gasteiger partial charge >= 0.3 is 0 Å². The Morgan fingerprint density at radius 3 is 2.78 bits per heavy atom. The number of aliphatic imine (C=N–C) groups is 1. The first-order valence-corrected chi connectivity index (χ1v) is 9.73. The molecule has 0 aliphatic rings. The average Bonchev–Trinajstić information content (AvgIpc) is 3.09. The van der Waals surface area contributed by atoms with E-state index in [2.05, 4.69) is 53.2 Å². The van der Waals surface area contributed by atoms with Crippen LogP contribution in [0, 0.1) is 0 Å². The topological polar surface area (TPSA) is 76.4 Å². The summed E-state index contributed by atoms with van der Waals surface area (Å²) in [7, 11) is 0. The number of halogens is 2. The Kier molecular flexibility index (Phi) is 11.3. The molecule has 150 valence electrons. The number of nitrogens with one attached hydrogen (secondary N) is 2.